The van der Waals surface area contributed by atoms with Crippen molar-refractivity contribution < 1.29 is 35.1 Å². The fourth-order valence-electron chi connectivity index (χ4n) is 6.00. The van der Waals surface area contributed by atoms with Crippen molar-refractivity contribution in [2.45, 2.75) is 35.5 Å². The van der Waals surface area contributed by atoms with Crippen LogP contribution in [0.1, 0.15) is 36.8 Å². The molecule has 0 bridgehead atoms. The SMILES string of the molecule is COc1nc(N2CCNCC2)ccc1NS(=O)(=O)c1ccc([C@@H](C)CF)cc1.COc1nc(N2CCNCC2)ccc1NS(=O)(=O)c1ccc([C@H](C)CF)cc1. The van der Waals surface area contributed by atoms with Crippen molar-refractivity contribution in [1.29, 1.82) is 0 Å². The molecule has 56 heavy (non-hydrogen) atoms. The Balaban J connectivity index is 0.000000214. The summed E-state index contributed by atoms with van der Waals surface area (Å²) in [5.74, 6) is 1.36. The van der Waals surface area contributed by atoms with Crippen LogP contribution in [0.4, 0.5) is 31.8 Å². The van der Waals surface area contributed by atoms with Gasteiger partial charge in [0.25, 0.3) is 20.0 Å². The first-order valence-electron chi connectivity index (χ1n) is 18.3. The number of sulfonamides is 2. The van der Waals surface area contributed by atoms with Crippen LogP contribution >= 0.6 is 0 Å². The van der Waals surface area contributed by atoms with E-state index in [0.717, 1.165) is 75.1 Å². The average Bonchev–Trinajstić information content (AvgIpc) is 3.24. The number of pyridine rings is 2. The lowest BCUT2D eigenvalue weighted by Crippen LogP contribution is -2.43. The van der Waals surface area contributed by atoms with Gasteiger partial charge in [0.05, 0.1) is 37.4 Å². The number of anilines is 4. The lowest BCUT2D eigenvalue weighted by atomic mass is 10.0. The number of rotatable bonds is 14. The van der Waals surface area contributed by atoms with Gasteiger partial charge in [-0.25, -0.2) is 16.8 Å². The topological polar surface area (TPSA) is 167 Å². The van der Waals surface area contributed by atoms with Gasteiger partial charge in [-0.15, -0.1) is 0 Å². The maximum Gasteiger partial charge on any atom is 0.262 e. The fraction of sp³-hybridized carbons (Fsp3) is 0.421. The predicted octanol–water partition coefficient (Wildman–Crippen LogP) is 4.75. The molecule has 0 saturated carbocycles. The standard InChI is InChI=1S/2C19H25FN4O3S/c2*1-14(13-20)15-3-5-16(6-4-15)28(25,26)23-17-7-8-18(22-19(17)27-2)24-11-9-21-10-12-24/h2*3-8,14,21,23H,9-13H2,1-2H3/t2*14-/m10/s1. The number of aromatic nitrogens is 2. The van der Waals surface area contributed by atoms with Gasteiger partial charge in [0.2, 0.25) is 11.8 Å². The third-order valence-corrected chi connectivity index (χ3v) is 12.2. The van der Waals surface area contributed by atoms with E-state index < -0.39 is 33.4 Å². The van der Waals surface area contributed by atoms with E-state index in [-0.39, 0.29) is 44.8 Å². The molecule has 0 amide bonds. The lowest BCUT2D eigenvalue weighted by Gasteiger charge is -2.28. The predicted molar refractivity (Wildman–Crippen MR) is 215 cm³/mol. The van der Waals surface area contributed by atoms with Crippen LogP contribution in [0.25, 0.3) is 0 Å². The molecule has 2 aliphatic rings. The number of methoxy groups -OCH3 is 2. The van der Waals surface area contributed by atoms with Crippen LogP contribution in [0.15, 0.2) is 82.6 Å². The zero-order valence-corrected chi connectivity index (χ0v) is 33.6. The van der Waals surface area contributed by atoms with Gasteiger partial charge in [0, 0.05) is 64.2 Å². The smallest absolute Gasteiger partial charge is 0.262 e. The van der Waals surface area contributed by atoms with Crippen LogP contribution in [0, 0.1) is 0 Å². The third-order valence-electron chi connectivity index (χ3n) is 9.43. The fourth-order valence-corrected chi connectivity index (χ4v) is 8.12. The Kier molecular flexibility index (Phi) is 14.7. The second kappa shape index (κ2) is 19.4. The molecule has 14 nitrogen and oxygen atoms in total. The zero-order valence-electron chi connectivity index (χ0n) is 32.0. The van der Waals surface area contributed by atoms with Crippen molar-refractivity contribution in [2.75, 3.05) is 99.2 Å². The second-order valence-electron chi connectivity index (χ2n) is 13.4. The summed E-state index contributed by atoms with van der Waals surface area (Å²) in [6.07, 6.45) is 0. The molecule has 6 rings (SSSR count). The maximum atomic E-state index is 12.8. The molecule has 0 spiro atoms. The minimum absolute atomic E-state index is 0.0931. The molecule has 2 saturated heterocycles. The van der Waals surface area contributed by atoms with E-state index in [0.29, 0.717) is 0 Å². The first-order valence-corrected chi connectivity index (χ1v) is 21.2. The number of nitrogens with zero attached hydrogens (tertiary/aromatic N) is 4. The molecule has 0 aliphatic carbocycles. The van der Waals surface area contributed by atoms with Crippen LogP contribution < -0.4 is 39.4 Å². The van der Waals surface area contributed by atoms with Crippen LogP contribution in [-0.4, -0.2) is 107 Å². The van der Waals surface area contributed by atoms with E-state index in [1.807, 2.05) is 0 Å². The first-order chi connectivity index (χ1) is 26.9. The summed E-state index contributed by atoms with van der Waals surface area (Å²) in [5, 5.41) is 6.55. The van der Waals surface area contributed by atoms with Gasteiger partial charge in [0.15, 0.2) is 0 Å². The molecule has 2 aliphatic heterocycles. The molecular formula is C38H50F2N8O6S2. The van der Waals surface area contributed by atoms with Crippen molar-refractivity contribution in [3.05, 3.63) is 83.9 Å². The Hall–Kier alpha value is -4.78. The van der Waals surface area contributed by atoms with Crippen molar-refractivity contribution in [2.24, 2.45) is 0 Å². The van der Waals surface area contributed by atoms with E-state index in [1.54, 1.807) is 62.4 Å². The van der Waals surface area contributed by atoms with E-state index in [2.05, 4.69) is 39.8 Å². The van der Waals surface area contributed by atoms with E-state index in [4.69, 9.17) is 9.47 Å². The monoisotopic (exact) mass is 816 g/mol. The van der Waals surface area contributed by atoms with Crippen molar-refractivity contribution >= 4 is 43.1 Å². The maximum absolute atomic E-state index is 12.8. The normalized spacial score (nSPS) is 15.9. The van der Waals surface area contributed by atoms with E-state index >= 15 is 0 Å². The average molecular weight is 817 g/mol. The summed E-state index contributed by atoms with van der Waals surface area (Å²) in [4.78, 5) is 13.3. The number of nitrogens with one attached hydrogen (secondary N) is 4. The minimum Gasteiger partial charge on any atom is -0.479 e. The Morgan fingerprint density at radius 2 is 0.946 bits per heavy atom. The summed E-state index contributed by atoms with van der Waals surface area (Å²) >= 11 is 0. The van der Waals surface area contributed by atoms with Crippen molar-refractivity contribution in [3.63, 3.8) is 0 Å². The van der Waals surface area contributed by atoms with Gasteiger partial charge in [-0.3, -0.25) is 18.2 Å². The Morgan fingerprint density at radius 1 is 0.607 bits per heavy atom. The molecule has 0 radical (unpaired) electrons. The molecular weight excluding hydrogens is 767 g/mol. The van der Waals surface area contributed by atoms with Gasteiger partial charge < -0.3 is 29.9 Å². The van der Waals surface area contributed by atoms with Gasteiger partial charge >= 0.3 is 0 Å². The summed E-state index contributed by atoms with van der Waals surface area (Å²) in [6.45, 7) is 9.29. The Morgan fingerprint density at radius 3 is 1.25 bits per heavy atom. The molecule has 0 unspecified atom stereocenters. The molecule has 304 valence electrons. The number of hydrogen-bond donors (Lipinski definition) is 4. The van der Waals surface area contributed by atoms with Crippen LogP contribution in [0.3, 0.4) is 0 Å². The molecule has 18 heteroatoms. The molecule has 2 fully saturated rings. The summed E-state index contributed by atoms with van der Waals surface area (Å²) < 4.78 is 92.1. The number of hydrogen-bond acceptors (Lipinski definition) is 12. The summed E-state index contributed by atoms with van der Waals surface area (Å²) in [5.41, 5.74) is 2.03. The minimum atomic E-state index is -3.82. The quantitative estimate of drug-likeness (QED) is 0.138. The second-order valence-corrected chi connectivity index (χ2v) is 16.8. The summed E-state index contributed by atoms with van der Waals surface area (Å²) in [7, 11) is -4.73. The Labute approximate surface area is 328 Å². The third kappa shape index (κ3) is 10.7. The lowest BCUT2D eigenvalue weighted by molar-refractivity contribution is 0.399. The first kappa shape index (κ1) is 42.4. The number of alkyl halides is 2. The Bertz CT molecular complexity index is 1950. The van der Waals surface area contributed by atoms with Crippen LogP contribution in [-0.2, 0) is 20.0 Å². The van der Waals surface area contributed by atoms with Gasteiger partial charge in [-0.05, 0) is 59.7 Å². The molecule has 4 aromatic rings. The molecule has 2 atom stereocenters. The van der Waals surface area contributed by atoms with Gasteiger partial charge in [-0.2, -0.15) is 9.97 Å². The highest BCUT2D eigenvalue weighted by Gasteiger charge is 2.22. The van der Waals surface area contributed by atoms with Gasteiger partial charge in [0.1, 0.15) is 23.0 Å². The zero-order chi connectivity index (χ0) is 40.3. The summed E-state index contributed by atoms with van der Waals surface area (Å²) in [6, 6.07) is 19.2. The van der Waals surface area contributed by atoms with Crippen LogP contribution in [0.5, 0.6) is 11.8 Å². The van der Waals surface area contributed by atoms with Crippen molar-refractivity contribution in [1.82, 2.24) is 20.6 Å². The highest BCUT2D eigenvalue weighted by Crippen LogP contribution is 2.30. The highest BCUT2D eigenvalue weighted by molar-refractivity contribution is 7.93. The largest absolute Gasteiger partial charge is 0.479 e. The van der Waals surface area contributed by atoms with E-state index in [9.17, 15) is 25.6 Å². The number of halogens is 2. The molecule has 4 heterocycles. The molecule has 2 aromatic heterocycles. The molecule has 2 aromatic carbocycles. The van der Waals surface area contributed by atoms with Crippen LogP contribution in [0.2, 0.25) is 0 Å². The van der Waals surface area contributed by atoms with Gasteiger partial charge in [-0.1, -0.05) is 38.1 Å². The number of piperazine rings is 2. The van der Waals surface area contributed by atoms with E-state index in [1.165, 1.54) is 38.5 Å². The highest BCUT2D eigenvalue weighted by atomic mass is 32.2. The number of benzene rings is 2. The molecule has 4 N–H and O–H groups in total. The van der Waals surface area contributed by atoms with Crippen molar-refractivity contribution in [3.8, 4) is 11.8 Å². The number of ether oxygens (including phenoxy) is 2.